The molecule has 0 spiro atoms. The van der Waals surface area contributed by atoms with Gasteiger partial charge in [-0.25, -0.2) is 9.97 Å². The van der Waals surface area contributed by atoms with Gasteiger partial charge in [0, 0.05) is 38.4 Å². The van der Waals surface area contributed by atoms with Crippen molar-refractivity contribution in [2.24, 2.45) is 0 Å². The first-order chi connectivity index (χ1) is 10.8. The lowest BCUT2D eigenvalue weighted by Gasteiger charge is -2.33. The number of hydrogen-bond donors (Lipinski definition) is 1. The molecule has 0 bridgehead atoms. The lowest BCUT2D eigenvalue weighted by molar-refractivity contribution is 0.0637. The fourth-order valence-corrected chi connectivity index (χ4v) is 3.23. The maximum Gasteiger partial charge on any atom is 0.272 e. The van der Waals surface area contributed by atoms with Crippen LogP contribution in [0.4, 0.5) is 5.95 Å². The van der Waals surface area contributed by atoms with Crippen LogP contribution in [0.2, 0.25) is 0 Å². The Labute approximate surface area is 131 Å². The fraction of sp³-hybridized carbons (Fsp3) is 0.688. The maximum absolute atomic E-state index is 12.6. The monoisotopic (exact) mass is 303 g/mol. The zero-order valence-corrected chi connectivity index (χ0v) is 13.3. The van der Waals surface area contributed by atoms with Crippen LogP contribution in [0.15, 0.2) is 12.3 Å². The van der Waals surface area contributed by atoms with Gasteiger partial charge in [0.15, 0.2) is 0 Å². The number of hydrogen-bond acceptors (Lipinski definition) is 5. The number of carbonyl (C=O) groups excluding carboxylic acids is 1. The highest BCUT2D eigenvalue weighted by Crippen LogP contribution is 2.20. The van der Waals surface area contributed by atoms with Gasteiger partial charge in [0.2, 0.25) is 5.95 Å². The van der Waals surface area contributed by atoms with E-state index >= 15 is 0 Å². The quantitative estimate of drug-likeness (QED) is 0.915. The van der Waals surface area contributed by atoms with Crippen molar-refractivity contribution in [1.29, 1.82) is 0 Å². The van der Waals surface area contributed by atoms with Crippen molar-refractivity contribution in [1.82, 2.24) is 19.8 Å². The molecule has 2 heterocycles. The number of carbonyl (C=O) groups is 1. The van der Waals surface area contributed by atoms with Crippen molar-refractivity contribution >= 4 is 11.9 Å². The van der Waals surface area contributed by atoms with Gasteiger partial charge in [-0.05, 0) is 25.5 Å². The SMILES string of the molecule is CCN1CCN(C(=O)c2ccnc(NC3CCCC3)n2)CC1. The van der Waals surface area contributed by atoms with Crippen LogP contribution in [0.1, 0.15) is 43.1 Å². The predicted molar refractivity (Wildman–Crippen MR) is 85.9 cm³/mol. The molecule has 6 heteroatoms. The second-order valence-electron chi connectivity index (χ2n) is 6.12. The van der Waals surface area contributed by atoms with E-state index in [-0.39, 0.29) is 5.91 Å². The summed E-state index contributed by atoms with van der Waals surface area (Å²) in [5.41, 5.74) is 0.500. The van der Waals surface area contributed by atoms with Crippen LogP contribution in [0.3, 0.4) is 0 Å². The average molecular weight is 303 g/mol. The first kappa shape index (κ1) is 15.2. The third-order valence-corrected chi connectivity index (χ3v) is 4.67. The van der Waals surface area contributed by atoms with Gasteiger partial charge >= 0.3 is 0 Å². The highest BCUT2D eigenvalue weighted by Gasteiger charge is 2.23. The average Bonchev–Trinajstić information content (AvgIpc) is 3.07. The number of piperazine rings is 1. The summed E-state index contributed by atoms with van der Waals surface area (Å²) in [6.07, 6.45) is 6.54. The van der Waals surface area contributed by atoms with E-state index in [4.69, 9.17) is 0 Å². The highest BCUT2D eigenvalue weighted by atomic mass is 16.2. The molecule has 1 saturated heterocycles. The number of rotatable bonds is 4. The molecule has 2 aliphatic rings. The summed E-state index contributed by atoms with van der Waals surface area (Å²) in [4.78, 5) is 25.5. The molecule has 1 amide bonds. The van der Waals surface area contributed by atoms with Gasteiger partial charge in [0.1, 0.15) is 5.69 Å². The minimum Gasteiger partial charge on any atom is -0.351 e. The minimum atomic E-state index is 0.0209. The zero-order valence-electron chi connectivity index (χ0n) is 13.3. The van der Waals surface area contributed by atoms with Gasteiger partial charge in [-0.2, -0.15) is 0 Å². The fourth-order valence-electron chi connectivity index (χ4n) is 3.23. The predicted octanol–water partition coefficient (Wildman–Crippen LogP) is 1.61. The van der Waals surface area contributed by atoms with Crippen LogP contribution >= 0.6 is 0 Å². The lowest BCUT2D eigenvalue weighted by atomic mass is 10.2. The van der Waals surface area contributed by atoms with Gasteiger partial charge in [-0.3, -0.25) is 4.79 Å². The third kappa shape index (κ3) is 3.55. The smallest absolute Gasteiger partial charge is 0.272 e. The van der Waals surface area contributed by atoms with E-state index in [2.05, 4.69) is 27.1 Å². The summed E-state index contributed by atoms with van der Waals surface area (Å²) in [6, 6.07) is 2.17. The van der Waals surface area contributed by atoms with Gasteiger partial charge in [-0.1, -0.05) is 19.8 Å². The van der Waals surface area contributed by atoms with E-state index in [0.717, 1.165) is 32.7 Å². The molecule has 0 radical (unpaired) electrons. The molecular weight excluding hydrogens is 278 g/mol. The molecule has 1 aromatic rings. The molecule has 1 aromatic heterocycles. The Morgan fingerprint density at radius 1 is 1.27 bits per heavy atom. The van der Waals surface area contributed by atoms with Crippen molar-refractivity contribution in [3.8, 4) is 0 Å². The van der Waals surface area contributed by atoms with Crippen LogP contribution < -0.4 is 5.32 Å². The number of nitrogens with one attached hydrogen (secondary N) is 1. The molecule has 0 aromatic carbocycles. The molecular formula is C16H25N5O. The molecule has 1 aliphatic heterocycles. The van der Waals surface area contributed by atoms with Crippen molar-refractivity contribution in [2.75, 3.05) is 38.0 Å². The Kier molecular flexibility index (Phi) is 4.87. The van der Waals surface area contributed by atoms with Crippen LogP contribution in [-0.4, -0.2) is 64.4 Å². The van der Waals surface area contributed by atoms with Crippen molar-refractivity contribution in [3.63, 3.8) is 0 Å². The molecule has 1 N–H and O–H groups in total. The van der Waals surface area contributed by atoms with Crippen LogP contribution in [0.5, 0.6) is 0 Å². The van der Waals surface area contributed by atoms with Crippen LogP contribution in [-0.2, 0) is 0 Å². The third-order valence-electron chi connectivity index (χ3n) is 4.67. The number of nitrogens with zero attached hydrogens (tertiary/aromatic N) is 4. The van der Waals surface area contributed by atoms with Gasteiger partial charge in [0.05, 0.1) is 0 Å². The summed E-state index contributed by atoms with van der Waals surface area (Å²) in [5.74, 6) is 0.609. The number of amides is 1. The molecule has 120 valence electrons. The first-order valence-electron chi connectivity index (χ1n) is 8.37. The molecule has 6 nitrogen and oxygen atoms in total. The molecule has 1 aliphatic carbocycles. The number of aromatic nitrogens is 2. The molecule has 0 atom stereocenters. The first-order valence-corrected chi connectivity index (χ1v) is 8.37. The summed E-state index contributed by atoms with van der Waals surface area (Å²) < 4.78 is 0. The van der Waals surface area contributed by atoms with E-state index in [0.29, 0.717) is 17.7 Å². The Morgan fingerprint density at radius 2 is 2.00 bits per heavy atom. The van der Waals surface area contributed by atoms with Gasteiger partial charge < -0.3 is 15.1 Å². The van der Waals surface area contributed by atoms with E-state index in [1.54, 1.807) is 12.3 Å². The zero-order chi connectivity index (χ0) is 15.4. The molecule has 0 unspecified atom stereocenters. The van der Waals surface area contributed by atoms with Crippen LogP contribution in [0, 0.1) is 0 Å². The van der Waals surface area contributed by atoms with E-state index < -0.39 is 0 Å². The topological polar surface area (TPSA) is 61.4 Å². The molecule has 2 fully saturated rings. The Hall–Kier alpha value is -1.69. The van der Waals surface area contributed by atoms with E-state index in [1.807, 2.05) is 4.90 Å². The summed E-state index contributed by atoms with van der Waals surface area (Å²) in [7, 11) is 0. The van der Waals surface area contributed by atoms with Crippen molar-refractivity contribution in [3.05, 3.63) is 18.0 Å². The number of likely N-dealkylation sites (N-methyl/N-ethyl adjacent to an activating group) is 1. The summed E-state index contributed by atoms with van der Waals surface area (Å²) in [6.45, 7) is 6.65. The van der Waals surface area contributed by atoms with E-state index in [9.17, 15) is 4.79 Å². The number of anilines is 1. The minimum absolute atomic E-state index is 0.0209. The largest absolute Gasteiger partial charge is 0.351 e. The molecule has 3 rings (SSSR count). The van der Waals surface area contributed by atoms with Crippen molar-refractivity contribution in [2.45, 2.75) is 38.6 Å². The second kappa shape index (κ2) is 7.05. The second-order valence-corrected chi connectivity index (χ2v) is 6.12. The van der Waals surface area contributed by atoms with Gasteiger partial charge in [0.25, 0.3) is 5.91 Å². The van der Waals surface area contributed by atoms with E-state index in [1.165, 1.54) is 25.7 Å². The summed E-state index contributed by atoms with van der Waals surface area (Å²) >= 11 is 0. The maximum atomic E-state index is 12.6. The normalized spacial score (nSPS) is 20.3. The molecule has 1 saturated carbocycles. The van der Waals surface area contributed by atoms with Gasteiger partial charge in [-0.15, -0.1) is 0 Å². The van der Waals surface area contributed by atoms with Crippen LogP contribution in [0.25, 0.3) is 0 Å². The lowest BCUT2D eigenvalue weighted by Crippen LogP contribution is -2.48. The standard InChI is InChI=1S/C16H25N5O/c1-2-20-9-11-21(12-10-20)15(22)14-7-8-17-16(19-14)18-13-5-3-4-6-13/h7-8,13H,2-6,9-12H2,1H3,(H,17,18,19). The Bertz CT molecular complexity index is 507. The highest BCUT2D eigenvalue weighted by molar-refractivity contribution is 5.92. The Morgan fingerprint density at radius 3 is 2.68 bits per heavy atom. The van der Waals surface area contributed by atoms with Crippen molar-refractivity contribution < 1.29 is 4.79 Å². The Balaban J connectivity index is 1.62. The molecule has 22 heavy (non-hydrogen) atoms. The summed E-state index contributed by atoms with van der Waals surface area (Å²) in [5, 5.41) is 3.35.